The van der Waals surface area contributed by atoms with E-state index >= 15 is 0 Å². The van der Waals surface area contributed by atoms with E-state index in [1.807, 2.05) is 0 Å². The van der Waals surface area contributed by atoms with Crippen molar-refractivity contribution in [1.82, 2.24) is 0 Å². The lowest BCUT2D eigenvalue weighted by Gasteiger charge is -2.06. The second-order valence-corrected chi connectivity index (χ2v) is 6.62. The monoisotopic (exact) mass is 409 g/mol. The molecule has 142 valence electrons. The van der Waals surface area contributed by atoms with E-state index in [-0.39, 0.29) is 27.6 Å². The van der Waals surface area contributed by atoms with Gasteiger partial charge in [-0.25, -0.2) is 14.4 Å². The van der Waals surface area contributed by atoms with Crippen molar-refractivity contribution in [2.45, 2.75) is 6.61 Å². The first-order valence-corrected chi connectivity index (χ1v) is 8.75. The molecule has 2 rings (SSSR count). The van der Waals surface area contributed by atoms with Crippen LogP contribution in [0.5, 0.6) is 0 Å². The van der Waals surface area contributed by atoms with Crippen LogP contribution in [0.4, 0.5) is 5.00 Å². The van der Waals surface area contributed by atoms with Gasteiger partial charge in [-0.05, 0) is 23.8 Å². The third kappa shape index (κ3) is 5.08. The highest BCUT2D eigenvalue weighted by Crippen LogP contribution is 2.33. The van der Waals surface area contributed by atoms with Crippen LogP contribution in [0.3, 0.4) is 0 Å². The van der Waals surface area contributed by atoms with Crippen molar-refractivity contribution in [2.24, 2.45) is 0 Å². The van der Waals surface area contributed by atoms with Crippen LogP contribution >= 0.6 is 22.9 Å². The van der Waals surface area contributed by atoms with Gasteiger partial charge in [-0.2, -0.15) is 0 Å². The Balaban J connectivity index is 2.19. The van der Waals surface area contributed by atoms with Crippen molar-refractivity contribution >= 4 is 51.9 Å². The van der Waals surface area contributed by atoms with Gasteiger partial charge in [0, 0.05) is 16.7 Å². The number of anilines is 1. The Labute approximate surface area is 164 Å². The molecule has 1 aromatic carbocycles. The van der Waals surface area contributed by atoms with E-state index in [9.17, 15) is 14.4 Å². The Hall–Kier alpha value is -2.84. The molecular formula is C18H16ClNO6S. The predicted molar refractivity (Wildman–Crippen MR) is 102 cm³/mol. The van der Waals surface area contributed by atoms with E-state index < -0.39 is 17.9 Å². The molecule has 2 N–H and O–H groups in total. The Morgan fingerprint density at radius 3 is 2.52 bits per heavy atom. The summed E-state index contributed by atoms with van der Waals surface area (Å²) in [4.78, 5) is 35.9. The number of methoxy groups -OCH3 is 2. The highest BCUT2D eigenvalue weighted by molar-refractivity contribution is 7.18. The largest absolute Gasteiger partial charge is 0.465 e. The standard InChI is InChI=1S/C18H16ClNO6S/c1-24-17(22)14-12(15(18(23)25-2)27-16(14)20)9-26-13(21)7-6-10-4-3-5-11(19)8-10/h3-8H,9,20H2,1-2H3/b7-6+. The third-order valence-corrected chi connectivity index (χ3v) is 4.69. The zero-order valence-corrected chi connectivity index (χ0v) is 16.1. The van der Waals surface area contributed by atoms with Crippen molar-refractivity contribution in [1.29, 1.82) is 0 Å². The molecule has 1 heterocycles. The number of rotatable bonds is 6. The minimum atomic E-state index is -0.737. The lowest BCUT2D eigenvalue weighted by atomic mass is 10.1. The van der Waals surface area contributed by atoms with Gasteiger partial charge >= 0.3 is 17.9 Å². The molecule has 27 heavy (non-hydrogen) atoms. The van der Waals surface area contributed by atoms with E-state index in [1.54, 1.807) is 24.3 Å². The highest BCUT2D eigenvalue weighted by Gasteiger charge is 2.27. The smallest absolute Gasteiger partial charge is 0.348 e. The number of esters is 3. The predicted octanol–water partition coefficient (Wildman–Crippen LogP) is 3.31. The van der Waals surface area contributed by atoms with Crippen molar-refractivity contribution in [3.63, 3.8) is 0 Å². The Bertz CT molecular complexity index is 905. The van der Waals surface area contributed by atoms with Crippen LogP contribution in [-0.2, 0) is 25.6 Å². The number of carbonyl (C=O) groups excluding carboxylic acids is 3. The Morgan fingerprint density at radius 1 is 1.19 bits per heavy atom. The summed E-state index contributed by atoms with van der Waals surface area (Å²) < 4.78 is 14.5. The highest BCUT2D eigenvalue weighted by atomic mass is 35.5. The van der Waals surface area contributed by atoms with E-state index in [2.05, 4.69) is 9.47 Å². The number of hydrogen-bond donors (Lipinski definition) is 1. The van der Waals surface area contributed by atoms with Crippen LogP contribution in [0.2, 0.25) is 5.02 Å². The number of hydrogen-bond acceptors (Lipinski definition) is 8. The summed E-state index contributed by atoms with van der Waals surface area (Å²) >= 11 is 6.74. The molecule has 0 saturated carbocycles. The van der Waals surface area contributed by atoms with Gasteiger partial charge < -0.3 is 19.9 Å². The molecule has 0 amide bonds. The molecule has 0 saturated heterocycles. The molecular weight excluding hydrogens is 394 g/mol. The molecule has 2 aromatic rings. The molecule has 0 aliphatic carbocycles. The zero-order valence-electron chi connectivity index (χ0n) is 14.5. The number of halogens is 1. The lowest BCUT2D eigenvalue weighted by molar-refractivity contribution is -0.138. The Kier molecular flexibility index (Phi) is 6.98. The molecule has 0 radical (unpaired) electrons. The summed E-state index contributed by atoms with van der Waals surface area (Å²) in [5, 5.41) is 0.604. The third-order valence-electron chi connectivity index (χ3n) is 3.41. The molecule has 0 spiro atoms. The second-order valence-electron chi connectivity index (χ2n) is 5.13. The number of ether oxygens (including phenoxy) is 3. The van der Waals surface area contributed by atoms with Gasteiger partial charge in [0.2, 0.25) is 0 Å². The topological polar surface area (TPSA) is 105 Å². The van der Waals surface area contributed by atoms with E-state index in [1.165, 1.54) is 26.4 Å². The first-order valence-electron chi connectivity index (χ1n) is 7.55. The molecule has 0 bridgehead atoms. The van der Waals surface area contributed by atoms with E-state index in [0.29, 0.717) is 10.6 Å². The first kappa shape index (κ1) is 20.5. The summed E-state index contributed by atoms with van der Waals surface area (Å²) in [6.07, 6.45) is 2.73. The summed E-state index contributed by atoms with van der Waals surface area (Å²) in [7, 11) is 2.38. The average Bonchev–Trinajstić information content (AvgIpc) is 2.99. The number of benzene rings is 1. The van der Waals surface area contributed by atoms with Gasteiger partial charge in [-0.1, -0.05) is 23.7 Å². The fraction of sp³-hybridized carbons (Fsp3) is 0.167. The summed E-state index contributed by atoms with van der Waals surface area (Å²) in [6, 6.07) is 6.89. The van der Waals surface area contributed by atoms with Crippen LogP contribution in [0.25, 0.3) is 6.08 Å². The maximum absolute atomic E-state index is 12.0. The molecule has 0 atom stereocenters. The number of thiophene rings is 1. The van der Waals surface area contributed by atoms with Gasteiger partial charge in [-0.15, -0.1) is 11.3 Å². The van der Waals surface area contributed by atoms with Gasteiger partial charge in [0.15, 0.2) is 0 Å². The molecule has 1 aromatic heterocycles. The average molecular weight is 410 g/mol. The summed E-state index contributed by atoms with van der Waals surface area (Å²) in [6.45, 7) is -0.346. The van der Waals surface area contributed by atoms with Crippen molar-refractivity contribution in [3.05, 3.63) is 56.9 Å². The molecule has 0 unspecified atom stereocenters. The number of carbonyl (C=O) groups is 3. The van der Waals surface area contributed by atoms with Crippen molar-refractivity contribution in [2.75, 3.05) is 20.0 Å². The molecule has 0 fully saturated rings. The van der Waals surface area contributed by atoms with Crippen LogP contribution < -0.4 is 5.73 Å². The molecule has 0 aliphatic rings. The van der Waals surface area contributed by atoms with Gasteiger partial charge in [0.1, 0.15) is 22.0 Å². The van der Waals surface area contributed by atoms with Gasteiger partial charge in [0.25, 0.3) is 0 Å². The fourth-order valence-corrected chi connectivity index (χ4v) is 3.35. The lowest BCUT2D eigenvalue weighted by Crippen LogP contribution is -2.11. The second kappa shape index (κ2) is 9.20. The maximum atomic E-state index is 12.0. The zero-order chi connectivity index (χ0) is 20.0. The minimum absolute atomic E-state index is 0.0190. The number of nitrogen functional groups attached to an aromatic ring is 1. The fourth-order valence-electron chi connectivity index (χ4n) is 2.17. The SMILES string of the molecule is COC(=O)c1sc(N)c(C(=O)OC)c1COC(=O)/C=C/c1cccc(Cl)c1. The van der Waals surface area contributed by atoms with Crippen LogP contribution in [0.1, 0.15) is 31.2 Å². The quantitative estimate of drug-likeness (QED) is 0.443. The molecule has 0 aliphatic heterocycles. The van der Waals surface area contributed by atoms with E-state index in [4.69, 9.17) is 22.1 Å². The van der Waals surface area contributed by atoms with Crippen molar-refractivity contribution < 1.29 is 28.6 Å². The Morgan fingerprint density at radius 2 is 1.89 bits per heavy atom. The van der Waals surface area contributed by atoms with Gasteiger partial charge in [0.05, 0.1) is 14.2 Å². The van der Waals surface area contributed by atoms with E-state index in [0.717, 1.165) is 11.3 Å². The first-order chi connectivity index (χ1) is 12.9. The normalized spacial score (nSPS) is 10.6. The molecule has 9 heteroatoms. The van der Waals surface area contributed by atoms with Crippen LogP contribution in [0.15, 0.2) is 30.3 Å². The van der Waals surface area contributed by atoms with Crippen LogP contribution in [-0.4, -0.2) is 32.1 Å². The maximum Gasteiger partial charge on any atom is 0.348 e. The summed E-state index contributed by atoms with van der Waals surface area (Å²) in [5.74, 6) is -2.10. The van der Waals surface area contributed by atoms with Crippen LogP contribution in [0, 0.1) is 0 Å². The number of nitrogens with two attached hydrogens (primary N) is 1. The van der Waals surface area contributed by atoms with Gasteiger partial charge in [-0.3, -0.25) is 0 Å². The summed E-state index contributed by atoms with van der Waals surface area (Å²) in [5.41, 5.74) is 6.64. The van der Waals surface area contributed by atoms with Crippen molar-refractivity contribution in [3.8, 4) is 0 Å². The minimum Gasteiger partial charge on any atom is -0.465 e. The molecule has 7 nitrogen and oxygen atoms in total.